The number of anilines is 1. The lowest BCUT2D eigenvalue weighted by Gasteiger charge is -2.33. The predicted octanol–water partition coefficient (Wildman–Crippen LogP) is 2.02. The van der Waals surface area contributed by atoms with Crippen molar-refractivity contribution in [1.82, 2.24) is 5.32 Å². The lowest BCUT2D eigenvalue weighted by atomic mass is 10.0. The van der Waals surface area contributed by atoms with Gasteiger partial charge in [-0.15, -0.1) is 0 Å². The summed E-state index contributed by atoms with van der Waals surface area (Å²) in [6, 6.07) is 5.45. The van der Waals surface area contributed by atoms with Gasteiger partial charge in [0.25, 0.3) is 0 Å². The highest BCUT2D eigenvalue weighted by atomic mass is 19.1. The summed E-state index contributed by atoms with van der Waals surface area (Å²) in [5, 5.41) is 3.27. The van der Waals surface area contributed by atoms with Gasteiger partial charge in [0.1, 0.15) is 11.6 Å². The molecule has 1 fully saturated rings. The van der Waals surface area contributed by atoms with E-state index in [9.17, 15) is 4.39 Å². The number of rotatable bonds is 3. The Balaban J connectivity index is 2.12. The van der Waals surface area contributed by atoms with Gasteiger partial charge in [-0.05, 0) is 32.0 Å². The molecule has 0 amide bonds. The van der Waals surface area contributed by atoms with Crippen molar-refractivity contribution in [2.24, 2.45) is 0 Å². The van der Waals surface area contributed by atoms with E-state index in [2.05, 4.69) is 10.2 Å². The van der Waals surface area contributed by atoms with Crippen molar-refractivity contribution in [1.29, 1.82) is 0 Å². The minimum Gasteiger partial charge on any atom is -0.497 e. The summed E-state index contributed by atoms with van der Waals surface area (Å²) in [7, 11) is 3.58. The first-order chi connectivity index (χ1) is 8.24. The summed E-state index contributed by atoms with van der Waals surface area (Å²) in [4.78, 5) is 2.09. The summed E-state index contributed by atoms with van der Waals surface area (Å²) < 4.78 is 18.9. The van der Waals surface area contributed by atoms with Crippen molar-refractivity contribution >= 4 is 5.69 Å². The van der Waals surface area contributed by atoms with Crippen molar-refractivity contribution in [3.05, 3.63) is 24.0 Å². The van der Waals surface area contributed by atoms with Gasteiger partial charge in [0.2, 0.25) is 0 Å². The molecule has 4 heteroatoms. The van der Waals surface area contributed by atoms with Gasteiger partial charge in [-0.25, -0.2) is 4.39 Å². The zero-order valence-corrected chi connectivity index (χ0v) is 10.4. The Labute approximate surface area is 102 Å². The SMILES string of the molecule is CNC1CCN(c2cc(OC)ccc2F)CC1. The first-order valence-corrected chi connectivity index (χ1v) is 6.00. The van der Waals surface area contributed by atoms with Crippen LogP contribution in [0.5, 0.6) is 5.75 Å². The molecule has 0 unspecified atom stereocenters. The number of piperidine rings is 1. The molecule has 2 rings (SSSR count). The van der Waals surface area contributed by atoms with Crippen molar-refractivity contribution in [3.8, 4) is 5.75 Å². The molecular weight excluding hydrogens is 219 g/mol. The molecule has 3 nitrogen and oxygen atoms in total. The molecule has 1 aromatic rings. The molecule has 17 heavy (non-hydrogen) atoms. The van der Waals surface area contributed by atoms with Crippen LogP contribution in [0.2, 0.25) is 0 Å². The second kappa shape index (κ2) is 5.36. The molecule has 1 saturated heterocycles. The van der Waals surface area contributed by atoms with E-state index in [4.69, 9.17) is 4.74 Å². The number of ether oxygens (including phenoxy) is 1. The standard InChI is InChI=1S/C13H19FN2O/c1-15-10-5-7-16(8-6-10)13-9-11(17-2)3-4-12(13)14/h3-4,9-10,15H,5-8H2,1-2H3. The van der Waals surface area contributed by atoms with E-state index in [1.807, 2.05) is 7.05 Å². The maximum Gasteiger partial charge on any atom is 0.146 e. The quantitative estimate of drug-likeness (QED) is 0.872. The smallest absolute Gasteiger partial charge is 0.146 e. The van der Waals surface area contributed by atoms with Gasteiger partial charge in [0, 0.05) is 25.2 Å². The highest BCUT2D eigenvalue weighted by molar-refractivity contribution is 5.52. The Hall–Kier alpha value is -1.29. The van der Waals surface area contributed by atoms with E-state index >= 15 is 0 Å². The van der Waals surface area contributed by atoms with Gasteiger partial charge in [0.05, 0.1) is 12.8 Å². The highest BCUT2D eigenvalue weighted by Crippen LogP contribution is 2.27. The Bertz CT molecular complexity index is 376. The maximum atomic E-state index is 13.8. The largest absolute Gasteiger partial charge is 0.497 e. The first-order valence-electron chi connectivity index (χ1n) is 6.00. The summed E-state index contributed by atoms with van der Waals surface area (Å²) in [5.41, 5.74) is 0.652. The van der Waals surface area contributed by atoms with Gasteiger partial charge < -0.3 is 15.0 Å². The van der Waals surface area contributed by atoms with Gasteiger partial charge in [-0.3, -0.25) is 0 Å². The summed E-state index contributed by atoms with van der Waals surface area (Å²) >= 11 is 0. The topological polar surface area (TPSA) is 24.5 Å². The number of benzene rings is 1. The minimum atomic E-state index is -0.172. The molecule has 0 atom stereocenters. The number of nitrogens with one attached hydrogen (secondary N) is 1. The maximum absolute atomic E-state index is 13.8. The highest BCUT2D eigenvalue weighted by Gasteiger charge is 2.20. The van der Waals surface area contributed by atoms with Gasteiger partial charge in [0.15, 0.2) is 0 Å². The van der Waals surface area contributed by atoms with E-state index in [1.165, 1.54) is 6.07 Å². The van der Waals surface area contributed by atoms with Crippen molar-refractivity contribution in [3.63, 3.8) is 0 Å². The lowest BCUT2D eigenvalue weighted by molar-refractivity contribution is 0.411. The van der Waals surface area contributed by atoms with Crippen molar-refractivity contribution < 1.29 is 9.13 Å². The van der Waals surface area contributed by atoms with Crippen molar-refractivity contribution in [2.45, 2.75) is 18.9 Å². The Morgan fingerprint density at radius 3 is 2.65 bits per heavy atom. The van der Waals surface area contributed by atoms with E-state index in [-0.39, 0.29) is 5.82 Å². The molecule has 1 N–H and O–H groups in total. The van der Waals surface area contributed by atoms with E-state index in [0.29, 0.717) is 17.5 Å². The van der Waals surface area contributed by atoms with Crippen LogP contribution < -0.4 is 15.0 Å². The number of methoxy groups -OCH3 is 1. The van der Waals surface area contributed by atoms with Crippen LogP contribution in [-0.2, 0) is 0 Å². The number of hydrogen-bond donors (Lipinski definition) is 1. The average Bonchev–Trinajstić information content (AvgIpc) is 2.39. The second-order valence-electron chi connectivity index (χ2n) is 4.37. The van der Waals surface area contributed by atoms with Crippen LogP contribution in [0.3, 0.4) is 0 Å². The zero-order chi connectivity index (χ0) is 12.3. The number of halogens is 1. The molecule has 0 radical (unpaired) electrons. The fraction of sp³-hybridized carbons (Fsp3) is 0.538. The van der Waals surface area contributed by atoms with Crippen LogP contribution in [0.25, 0.3) is 0 Å². The Morgan fingerprint density at radius 1 is 1.35 bits per heavy atom. The van der Waals surface area contributed by atoms with Crippen LogP contribution in [0.4, 0.5) is 10.1 Å². The van der Waals surface area contributed by atoms with E-state index < -0.39 is 0 Å². The molecule has 0 aliphatic carbocycles. The van der Waals surface area contributed by atoms with Gasteiger partial charge >= 0.3 is 0 Å². The Kier molecular flexibility index (Phi) is 3.84. The summed E-state index contributed by atoms with van der Waals surface area (Å²) in [6.07, 6.45) is 2.10. The molecule has 1 aliphatic rings. The fourth-order valence-corrected chi connectivity index (χ4v) is 2.27. The van der Waals surface area contributed by atoms with Crippen LogP contribution in [0.1, 0.15) is 12.8 Å². The lowest BCUT2D eigenvalue weighted by Crippen LogP contribution is -2.41. The van der Waals surface area contributed by atoms with Crippen LogP contribution in [0, 0.1) is 5.82 Å². The Morgan fingerprint density at radius 2 is 2.06 bits per heavy atom. The molecule has 0 saturated carbocycles. The van der Waals surface area contributed by atoms with Crippen molar-refractivity contribution in [2.75, 3.05) is 32.1 Å². The second-order valence-corrected chi connectivity index (χ2v) is 4.37. The molecule has 0 bridgehead atoms. The fourth-order valence-electron chi connectivity index (χ4n) is 2.27. The van der Waals surface area contributed by atoms with Crippen LogP contribution in [0.15, 0.2) is 18.2 Å². The van der Waals surface area contributed by atoms with E-state index in [0.717, 1.165) is 25.9 Å². The summed E-state index contributed by atoms with van der Waals surface area (Å²) in [6.45, 7) is 1.77. The van der Waals surface area contributed by atoms with E-state index in [1.54, 1.807) is 19.2 Å². The average molecular weight is 238 g/mol. The van der Waals surface area contributed by atoms with Crippen LogP contribution >= 0.6 is 0 Å². The molecule has 1 aliphatic heterocycles. The first kappa shape index (κ1) is 12.2. The molecule has 0 spiro atoms. The predicted molar refractivity (Wildman–Crippen MR) is 67.2 cm³/mol. The van der Waals surface area contributed by atoms with Gasteiger partial charge in [-0.1, -0.05) is 0 Å². The molecule has 0 aromatic heterocycles. The minimum absolute atomic E-state index is 0.172. The molecule has 1 heterocycles. The third-order valence-electron chi connectivity index (χ3n) is 3.40. The van der Waals surface area contributed by atoms with Gasteiger partial charge in [-0.2, -0.15) is 0 Å². The number of nitrogens with zero attached hydrogens (tertiary/aromatic N) is 1. The third-order valence-corrected chi connectivity index (χ3v) is 3.40. The normalized spacial score (nSPS) is 17.2. The molecule has 1 aromatic carbocycles. The zero-order valence-electron chi connectivity index (χ0n) is 10.4. The summed E-state index contributed by atoms with van der Waals surface area (Å²) in [5.74, 6) is 0.533. The molecule has 94 valence electrons. The monoisotopic (exact) mass is 238 g/mol. The van der Waals surface area contributed by atoms with Crippen LogP contribution in [-0.4, -0.2) is 33.3 Å². The third kappa shape index (κ3) is 2.69. The number of hydrogen-bond acceptors (Lipinski definition) is 3. The molecular formula is C13H19FN2O.